The Morgan fingerprint density at radius 3 is 2.50 bits per heavy atom. The third kappa shape index (κ3) is 4.43. The molecule has 3 unspecified atom stereocenters. The van der Waals surface area contributed by atoms with Crippen LogP contribution in [0.15, 0.2) is 0 Å². The first-order valence-electron chi connectivity index (χ1n) is 9.00. The predicted molar refractivity (Wildman–Crippen MR) is 90.7 cm³/mol. The number of piperazine rings is 1. The molecule has 2 fully saturated rings. The molecule has 0 aromatic heterocycles. The molecule has 3 atom stereocenters. The van der Waals surface area contributed by atoms with E-state index in [1.807, 2.05) is 4.90 Å². The Labute approximate surface area is 135 Å². The summed E-state index contributed by atoms with van der Waals surface area (Å²) >= 11 is 0. The number of nitrogens with zero attached hydrogens (tertiary/aromatic N) is 3. The third-order valence-electron chi connectivity index (χ3n) is 5.55. The first-order chi connectivity index (χ1) is 10.5. The summed E-state index contributed by atoms with van der Waals surface area (Å²) in [6.45, 7) is 10.5. The summed E-state index contributed by atoms with van der Waals surface area (Å²) < 4.78 is 0. The standard InChI is InChI=1S/C17H34N4O/c1-4-14(2)16(18)17(22)21-8-6-5-7-15(13-21)20-11-9-19(3)10-12-20/h14-16H,4-13,18H2,1-3H3. The van der Waals surface area contributed by atoms with E-state index in [0.717, 1.165) is 52.1 Å². The second-order valence-electron chi connectivity index (χ2n) is 7.18. The summed E-state index contributed by atoms with van der Waals surface area (Å²) in [6, 6.07) is 0.181. The molecule has 2 aliphatic rings. The molecular formula is C17H34N4O. The monoisotopic (exact) mass is 310 g/mol. The van der Waals surface area contributed by atoms with Gasteiger partial charge in [-0.05, 0) is 25.8 Å². The number of hydrogen-bond donors (Lipinski definition) is 1. The van der Waals surface area contributed by atoms with Crippen LogP contribution in [0.2, 0.25) is 0 Å². The van der Waals surface area contributed by atoms with E-state index in [-0.39, 0.29) is 17.9 Å². The van der Waals surface area contributed by atoms with Crippen LogP contribution in [0.1, 0.15) is 39.5 Å². The number of amides is 1. The van der Waals surface area contributed by atoms with Gasteiger partial charge in [0.2, 0.25) is 5.91 Å². The molecule has 2 saturated heterocycles. The molecule has 0 aromatic carbocycles. The molecule has 2 heterocycles. The smallest absolute Gasteiger partial charge is 0.239 e. The maximum Gasteiger partial charge on any atom is 0.239 e. The Hall–Kier alpha value is -0.650. The van der Waals surface area contributed by atoms with Crippen LogP contribution in [-0.2, 0) is 4.79 Å². The highest BCUT2D eigenvalue weighted by Gasteiger charge is 2.31. The van der Waals surface area contributed by atoms with Crippen LogP contribution in [0.25, 0.3) is 0 Å². The second kappa shape index (κ2) is 8.27. The van der Waals surface area contributed by atoms with E-state index < -0.39 is 0 Å². The van der Waals surface area contributed by atoms with Crippen LogP contribution in [-0.4, -0.2) is 79.0 Å². The zero-order valence-corrected chi connectivity index (χ0v) is 14.6. The Balaban J connectivity index is 1.96. The molecule has 2 rings (SSSR count). The Morgan fingerprint density at radius 1 is 1.18 bits per heavy atom. The predicted octanol–water partition coefficient (Wildman–Crippen LogP) is 0.988. The van der Waals surface area contributed by atoms with Crippen LogP contribution >= 0.6 is 0 Å². The molecule has 0 bridgehead atoms. The lowest BCUT2D eigenvalue weighted by Gasteiger charge is -2.39. The van der Waals surface area contributed by atoms with Crippen LogP contribution in [0, 0.1) is 5.92 Å². The number of likely N-dealkylation sites (tertiary alicyclic amines) is 1. The number of likely N-dealkylation sites (N-methyl/N-ethyl adjacent to an activating group) is 1. The van der Waals surface area contributed by atoms with Crippen LogP contribution in [0.3, 0.4) is 0 Å². The van der Waals surface area contributed by atoms with E-state index in [2.05, 4.69) is 30.7 Å². The van der Waals surface area contributed by atoms with Gasteiger partial charge < -0.3 is 15.5 Å². The molecule has 0 aromatic rings. The first kappa shape index (κ1) is 17.7. The van der Waals surface area contributed by atoms with E-state index in [1.165, 1.54) is 12.8 Å². The van der Waals surface area contributed by atoms with Gasteiger partial charge in [-0.3, -0.25) is 9.69 Å². The number of hydrogen-bond acceptors (Lipinski definition) is 4. The molecule has 1 amide bonds. The normalized spacial score (nSPS) is 28.2. The zero-order chi connectivity index (χ0) is 16.1. The van der Waals surface area contributed by atoms with Gasteiger partial charge in [-0.25, -0.2) is 0 Å². The van der Waals surface area contributed by atoms with E-state index in [4.69, 9.17) is 5.73 Å². The lowest BCUT2D eigenvalue weighted by molar-refractivity contribution is -0.134. The SMILES string of the molecule is CCC(C)C(N)C(=O)N1CCCCC(N2CCN(C)CC2)C1. The van der Waals surface area contributed by atoms with E-state index in [1.54, 1.807) is 0 Å². The van der Waals surface area contributed by atoms with Crippen molar-refractivity contribution in [2.45, 2.75) is 51.6 Å². The van der Waals surface area contributed by atoms with Crippen LogP contribution in [0.5, 0.6) is 0 Å². The van der Waals surface area contributed by atoms with Crippen LogP contribution in [0.4, 0.5) is 0 Å². The fourth-order valence-electron chi connectivity index (χ4n) is 3.51. The Morgan fingerprint density at radius 2 is 1.86 bits per heavy atom. The topological polar surface area (TPSA) is 52.8 Å². The molecule has 0 radical (unpaired) electrons. The van der Waals surface area contributed by atoms with Crippen molar-refractivity contribution in [3.05, 3.63) is 0 Å². The van der Waals surface area contributed by atoms with Gasteiger partial charge in [0.25, 0.3) is 0 Å². The summed E-state index contributed by atoms with van der Waals surface area (Å²) in [5.41, 5.74) is 6.18. The molecule has 5 heteroatoms. The molecule has 22 heavy (non-hydrogen) atoms. The molecule has 2 N–H and O–H groups in total. The minimum Gasteiger partial charge on any atom is -0.340 e. The molecular weight excluding hydrogens is 276 g/mol. The second-order valence-corrected chi connectivity index (χ2v) is 7.18. The van der Waals surface area contributed by atoms with Crippen molar-refractivity contribution in [2.24, 2.45) is 11.7 Å². The minimum absolute atomic E-state index is 0.162. The van der Waals surface area contributed by atoms with Crippen molar-refractivity contribution in [3.63, 3.8) is 0 Å². The van der Waals surface area contributed by atoms with E-state index in [9.17, 15) is 4.79 Å². The molecule has 5 nitrogen and oxygen atoms in total. The van der Waals surface area contributed by atoms with Gasteiger partial charge in [0, 0.05) is 45.3 Å². The Kier molecular flexibility index (Phi) is 6.66. The molecule has 0 spiro atoms. The average molecular weight is 310 g/mol. The van der Waals surface area contributed by atoms with Gasteiger partial charge >= 0.3 is 0 Å². The highest BCUT2D eigenvalue weighted by Crippen LogP contribution is 2.19. The summed E-state index contributed by atoms with van der Waals surface area (Å²) in [7, 11) is 2.19. The maximum atomic E-state index is 12.7. The summed E-state index contributed by atoms with van der Waals surface area (Å²) in [6.07, 6.45) is 4.51. The average Bonchev–Trinajstić information content (AvgIpc) is 2.79. The van der Waals surface area contributed by atoms with Gasteiger partial charge in [0.05, 0.1) is 6.04 Å². The fraction of sp³-hybridized carbons (Fsp3) is 0.941. The van der Waals surface area contributed by atoms with Crippen molar-refractivity contribution in [1.82, 2.24) is 14.7 Å². The highest BCUT2D eigenvalue weighted by molar-refractivity contribution is 5.82. The lowest BCUT2D eigenvalue weighted by Crippen LogP contribution is -2.54. The number of carbonyl (C=O) groups excluding carboxylic acids is 1. The summed E-state index contributed by atoms with van der Waals surface area (Å²) in [5, 5.41) is 0. The van der Waals surface area contributed by atoms with Gasteiger partial charge in [0.15, 0.2) is 0 Å². The molecule has 0 saturated carbocycles. The van der Waals surface area contributed by atoms with Gasteiger partial charge in [-0.2, -0.15) is 0 Å². The Bertz CT molecular complexity index is 355. The molecule has 128 valence electrons. The van der Waals surface area contributed by atoms with Gasteiger partial charge in [-0.1, -0.05) is 26.7 Å². The van der Waals surface area contributed by atoms with E-state index in [0.29, 0.717) is 6.04 Å². The maximum absolute atomic E-state index is 12.7. The quantitative estimate of drug-likeness (QED) is 0.841. The zero-order valence-electron chi connectivity index (χ0n) is 14.6. The van der Waals surface area contributed by atoms with Crippen molar-refractivity contribution in [1.29, 1.82) is 0 Å². The van der Waals surface area contributed by atoms with Crippen LogP contribution < -0.4 is 5.73 Å². The van der Waals surface area contributed by atoms with E-state index >= 15 is 0 Å². The van der Waals surface area contributed by atoms with Gasteiger partial charge in [-0.15, -0.1) is 0 Å². The van der Waals surface area contributed by atoms with Crippen molar-refractivity contribution >= 4 is 5.91 Å². The van der Waals surface area contributed by atoms with Crippen molar-refractivity contribution in [3.8, 4) is 0 Å². The summed E-state index contributed by atoms with van der Waals surface area (Å²) in [5.74, 6) is 0.424. The molecule has 2 aliphatic heterocycles. The third-order valence-corrected chi connectivity index (χ3v) is 5.55. The highest BCUT2D eigenvalue weighted by atomic mass is 16.2. The summed E-state index contributed by atoms with van der Waals surface area (Å²) in [4.78, 5) is 19.7. The lowest BCUT2D eigenvalue weighted by atomic mass is 9.98. The fourth-order valence-corrected chi connectivity index (χ4v) is 3.51. The number of rotatable bonds is 4. The van der Waals surface area contributed by atoms with Crippen molar-refractivity contribution in [2.75, 3.05) is 46.3 Å². The molecule has 0 aliphatic carbocycles. The minimum atomic E-state index is -0.337. The van der Waals surface area contributed by atoms with Gasteiger partial charge in [0.1, 0.15) is 0 Å². The number of carbonyl (C=O) groups is 1. The largest absolute Gasteiger partial charge is 0.340 e. The first-order valence-corrected chi connectivity index (χ1v) is 9.00. The van der Waals surface area contributed by atoms with Crippen molar-refractivity contribution < 1.29 is 4.79 Å². The number of nitrogens with two attached hydrogens (primary N) is 1.